The Morgan fingerprint density at radius 3 is 2.21 bits per heavy atom. The lowest BCUT2D eigenvalue weighted by atomic mass is 10.1. The molecule has 0 N–H and O–H groups in total. The van der Waals surface area contributed by atoms with Crippen molar-refractivity contribution in [2.75, 3.05) is 14.1 Å². The first-order valence-electron chi connectivity index (χ1n) is 6.19. The van der Waals surface area contributed by atoms with Crippen LogP contribution in [0, 0.1) is 0 Å². The Morgan fingerprint density at radius 1 is 1.00 bits per heavy atom. The minimum atomic E-state index is 0.730. The molecule has 0 spiro atoms. The van der Waals surface area contributed by atoms with Gasteiger partial charge in [-0.15, -0.1) is 0 Å². The number of likely N-dealkylation sites (N-methyl/N-ethyl adjacent to an activating group) is 1. The molecule has 0 aliphatic heterocycles. The fourth-order valence-electron chi connectivity index (χ4n) is 1.74. The molecule has 0 aromatic heterocycles. The quantitative estimate of drug-likeness (QED) is 0.605. The SMILES string of the molecule is CN(C)C(Cc1ccccc1)=Nc1ccc(Cl)cc1. The summed E-state index contributed by atoms with van der Waals surface area (Å²) < 4.78 is 0. The predicted molar refractivity (Wildman–Crippen MR) is 82.4 cm³/mol. The first kappa shape index (κ1) is 13.6. The van der Waals surface area contributed by atoms with Crippen molar-refractivity contribution < 1.29 is 0 Å². The van der Waals surface area contributed by atoms with Gasteiger partial charge < -0.3 is 4.90 Å². The van der Waals surface area contributed by atoms with Crippen molar-refractivity contribution in [2.24, 2.45) is 4.99 Å². The first-order valence-corrected chi connectivity index (χ1v) is 6.57. The van der Waals surface area contributed by atoms with E-state index < -0.39 is 0 Å². The molecule has 2 aromatic rings. The molecule has 0 aliphatic carbocycles. The van der Waals surface area contributed by atoms with Gasteiger partial charge in [0.25, 0.3) is 0 Å². The molecule has 0 saturated carbocycles. The number of nitrogens with zero attached hydrogens (tertiary/aromatic N) is 2. The number of aliphatic imine (C=N–C) groups is 1. The second-order valence-electron chi connectivity index (χ2n) is 4.56. The zero-order chi connectivity index (χ0) is 13.7. The van der Waals surface area contributed by atoms with Gasteiger partial charge in [0.05, 0.1) is 5.69 Å². The van der Waals surface area contributed by atoms with Crippen LogP contribution in [0.15, 0.2) is 59.6 Å². The molecule has 19 heavy (non-hydrogen) atoms. The lowest BCUT2D eigenvalue weighted by molar-refractivity contribution is 0.610. The Balaban J connectivity index is 2.23. The lowest BCUT2D eigenvalue weighted by Gasteiger charge is -2.16. The van der Waals surface area contributed by atoms with Crippen LogP contribution in [0.5, 0.6) is 0 Å². The van der Waals surface area contributed by atoms with Gasteiger partial charge in [0.15, 0.2) is 0 Å². The molecule has 0 aliphatic rings. The summed E-state index contributed by atoms with van der Waals surface area (Å²) >= 11 is 5.88. The van der Waals surface area contributed by atoms with Crippen molar-refractivity contribution in [3.63, 3.8) is 0 Å². The minimum Gasteiger partial charge on any atom is -0.366 e. The van der Waals surface area contributed by atoms with Gasteiger partial charge in [-0.05, 0) is 29.8 Å². The van der Waals surface area contributed by atoms with Crippen LogP contribution in [0.1, 0.15) is 5.56 Å². The molecule has 2 nitrogen and oxygen atoms in total. The van der Waals surface area contributed by atoms with Crippen LogP contribution < -0.4 is 0 Å². The Kier molecular flexibility index (Phi) is 4.58. The number of amidine groups is 1. The highest BCUT2D eigenvalue weighted by Crippen LogP contribution is 2.17. The molecular formula is C16H17ClN2. The van der Waals surface area contributed by atoms with Gasteiger partial charge in [0, 0.05) is 25.5 Å². The molecular weight excluding hydrogens is 256 g/mol. The molecule has 0 fully saturated rings. The van der Waals surface area contributed by atoms with E-state index in [0.717, 1.165) is 23.0 Å². The molecule has 0 saturated heterocycles. The summed E-state index contributed by atoms with van der Waals surface area (Å²) in [6.07, 6.45) is 0.816. The van der Waals surface area contributed by atoms with Crippen LogP contribution in [0.2, 0.25) is 5.02 Å². The van der Waals surface area contributed by atoms with Crippen molar-refractivity contribution >= 4 is 23.1 Å². The highest BCUT2D eigenvalue weighted by atomic mass is 35.5. The zero-order valence-electron chi connectivity index (χ0n) is 11.2. The number of rotatable bonds is 3. The molecule has 2 aromatic carbocycles. The summed E-state index contributed by atoms with van der Waals surface area (Å²) in [5.41, 5.74) is 2.17. The molecule has 3 heteroatoms. The zero-order valence-corrected chi connectivity index (χ0v) is 11.9. The van der Waals surface area contributed by atoms with E-state index in [-0.39, 0.29) is 0 Å². The van der Waals surface area contributed by atoms with Gasteiger partial charge in [0.2, 0.25) is 0 Å². The summed E-state index contributed by atoms with van der Waals surface area (Å²) in [4.78, 5) is 6.72. The topological polar surface area (TPSA) is 15.6 Å². The van der Waals surface area contributed by atoms with E-state index in [1.165, 1.54) is 5.56 Å². The Hall–Kier alpha value is -1.80. The standard InChI is InChI=1S/C16H17ClN2/c1-19(2)16(12-13-6-4-3-5-7-13)18-15-10-8-14(17)9-11-15/h3-11H,12H2,1-2H3. The average Bonchev–Trinajstić information content (AvgIpc) is 2.41. The summed E-state index contributed by atoms with van der Waals surface area (Å²) in [7, 11) is 4.02. The van der Waals surface area contributed by atoms with Gasteiger partial charge >= 0.3 is 0 Å². The van der Waals surface area contributed by atoms with Crippen molar-refractivity contribution in [3.8, 4) is 0 Å². The van der Waals surface area contributed by atoms with Crippen LogP contribution in [-0.2, 0) is 6.42 Å². The van der Waals surface area contributed by atoms with Gasteiger partial charge in [-0.3, -0.25) is 0 Å². The second kappa shape index (κ2) is 6.39. The predicted octanol–water partition coefficient (Wildman–Crippen LogP) is 4.17. The minimum absolute atomic E-state index is 0.730. The molecule has 0 heterocycles. The first-order chi connectivity index (χ1) is 9.15. The number of hydrogen-bond acceptors (Lipinski definition) is 1. The lowest BCUT2D eigenvalue weighted by Crippen LogP contribution is -2.23. The van der Waals surface area contributed by atoms with Crippen molar-refractivity contribution in [3.05, 3.63) is 65.2 Å². The fraction of sp³-hybridized carbons (Fsp3) is 0.188. The molecule has 0 bridgehead atoms. The Morgan fingerprint density at radius 2 is 1.63 bits per heavy atom. The largest absolute Gasteiger partial charge is 0.366 e. The number of hydrogen-bond donors (Lipinski definition) is 0. The van der Waals surface area contributed by atoms with E-state index in [0.29, 0.717) is 0 Å². The smallest absolute Gasteiger partial charge is 0.109 e. The number of halogens is 1. The highest BCUT2D eigenvalue weighted by molar-refractivity contribution is 6.30. The van der Waals surface area contributed by atoms with E-state index in [4.69, 9.17) is 11.6 Å². The van der Waals surface area contributed by atoms with Crippen LogP contribution in [-0.4, -0.2) is 24.8 Å². The van der Waals surface area contributed by atoms with Crippen LogP contribution in [0.4, 0.5) is 5.69 Å². The molecule has 0 amide bonds. The van der Waals surface area contributed by atoms with Gasteiger partial charge in [-0.1, -0.05) is 41.9 Å². The van der Waals surface area contributed by atoms with Gasteiger partial charge in [0.1, 0.15) is 5.84 Å². The molecule has 98 valence electrons. The molecule has 0 unspecified atom stereocenters. The molecule has 0 atom stereocenters. The van der Waals surface area contributed by atoms with E-state index in [2.05, 4.69) is 17.1 Å². The third-order valence-corrected chi connectivity index (χ3v) is 3.06. The van der Waals surface area contributed by atoms with Crippen LogP contribution in [0.25, 0.3) is 0 Å². The summed E-state index contributed by atoms with van der Waals surface area (Å²) in [5, 5.41) is 0.730. The van der Waals surface area contributed by atoms with Crippen LogP contribution in [0.3, 0.4) is 0 Å². The van der Waals surface area contributed by atoms with Gasteiger partial charge in [-0.25, -0.2) is 4.99 Å². The van der Waals surface area contributed by atoms with E-state index in [1.807, 2.05) is 61.5 Å². The van der Waals surface area contributed by atoms with Crippen molar-refractivity contribution in [2.45, 2.75) is 6.42 Å². The average molecular weight is 273 g/mol. The maximum atomic E-state index is 5.88. The highest BCUT2D eigenvalue weighted by Gasteiger charge is 2.04. The summed E-state index contributed by atoms with van der Waals surface area (Å²) in [6, 6.07) is 17.9. The third-order valence-electron chi connectivity index (χ3n) is 2.81. The second-order valence-corrected chi connectivity index (χ2v) is 5.00. The number of benzene rings is 2. The monoisotopic (exact) mass is 272 g/mol. The third kappa shape index (κ3) is 4.11. The van der Waals surface area contributed by atoms with E-state index in [9.17, 15) is 0 Å². The normalized spacial score (nSPS) is 11.4. The van der Waals surface area contributed by atoms with E-state index >= 15 is 0 Å². The summed E-state index contributed by atoms with van der Waals surface area (Å²) in [5.74, 6) is 1.02. The van der Waals surface area contributed by atoms with Gasteiger partial charge in [-0.2, -0.15) is 0 Å². The maximum Gasteiger partial charge on any atom is 0.109 e. The Labute approximate surface area is 119 Å². The van der Waals surface area contributed by atoms with Crippen molar-refractivity contribution in [1.29, 1.82) is 0 Å². The molecule has 2 rings (SSSR count). The van der Waals surface area contributed by atoms with Crippen LogP contribution >= 0.6 is 11.6 Å². The summed E-state index contributed by atoms with van der Waals surface area (Å²) in [6.45, 7) is 0. The van der Waals surface area contributed by atoms with E-state index in [1.54, 1.807) is 0 Å². The van der Waals surface area contributed by atoms with Crippen molar-refractivity contribution in [1.82, 2.24) is 4.90 Å². The fourth-order valence-corrected chi connectivity index (χ4v) is 1.87. The maximum absolute atomic E-state index is 5.88. The molecule has 0 radical (unpaired) electrons. The Bertz CT molecular complexity index is 545.